The van der Waals surface area contributed by atoms with E-state index in [1.165, 1.54) is 0 Å². The Morgan fingerprint density at radius 3 is 2.92 bits per heavy atom. The van der Waals surface area contributed by atoms with Crippen molar-refractivity contribution in [3.8, 4) is 0 Å². The van der Waals surface area contributed by atoms with Gasteiger partial charge in [-0.25, -0.2) is 0 Å². The summed E-state index contributed by atoms with van der Waals surface area (Å²) in [5.74, 6) is -0.0893. The molecular formula is C18H21Cl2N3O. The third kappa shape index (κ3) is 4.07. The summed E-state index contributed by atoms with van der Waals surface area (Å²) in [5.41, 5.74) is 2.01. The zero-order chi connectivity index (χ0) is 16.2. The second-order valence-corrected chi connectivity index (χ2v) is 6.25. The van der Waals surface area contributed by atoms with Crippen molar-refractivity contribution in [1.82, 2.24) is 15.2 Å². The summed E-state index contributed by atoms with van der Waals surface area (Å²) in [6, 6.07) is 11.5. The Hall–Kier alpha value is -1.62. The molecule has 0 spiro atoms. The first-order valence-electron chi connectivity index (χ1n) is 7.83. The Morgan fingerprint density at radius 2 is 2.21 bits per heavy atom. The number of nitrogens with one attached hydrogen (secondary N) is 1. The van der Waals surface area contributed by atoms with Crippen molar-refractivity contribution in [3.05, 3.63) is 64.9 Å². The minimum Gasteiger partial charge on any atom is -0.333 e. The number of amides is 1. The Labute approximate surface area is 153 Å². The summed E-state index contributed by atoms with van der Waals surface area (Å²) >= 11 is 6.06. The van der Waals surface area contributed by atoms with Gasteiger partial charge in [-0.15, -0.1) is 12.4 Å². The maximum absolute atomic E-state index is 13.0. The molecule has 0 aliphatic carbocycles. The Kier molecular flexibility index (Phi) is 6.60. The molecule has 0 bridgehead atoms. The van der Waals surface area contributed by atoms with Gasteiger partial charge in [-0.2, -0.15) is 0 Å². The second kappa shape index (κ2) is 8.47. The molecular weight excluding hydrogens is 345 g/mol. The first-order chi connectivity index (χ1) is 11.2. The topological polar surface area (TPSA) is 45.2 Å². The number of aromatic nitrogens is 1. The van der Waals surface area contributed by atoms with Crippen LogP contribution in [-0.2, 0) is 4.79 Å². The zero-order valence-corrected chi connectivity index (χ0v) is 15.1. The van der Waals surface area contributed by atoms with Gasteiger partial charge in [0.25, 0.3) is 0 Å². The molecule has 0 radical (unpaired) electrons. The van der Waals surface area contributed by atoms with E-state index in [0.29, 0.717) is 11.6 Å². The van der Waals surface area contributed by atoms with Gasteiger partial charge in [0.1, 0.15) is 0 Å². The Balaban J connectivity index is 0.00000208. The molecule has 128 valence electrons. The van der Waals surface area contributed by atoms with E-state index in [2.05, 4.69) is 10.3 Å². The maximum atomic E-state index is 13.0. The fourth-order valence-electron chi connectivity index (χ4n) is 3.01. The normalized spacial score (nSPS) is 18.6. The lowest BCUT2D eigenvalue weighted by Crippen LogP contribution is -2.49. The van der Waals surface area contributed by atoms with Crippen LogP contribution in [0.2, 0.25) is 5.02 Å². The van der Waals surface area contributed by atoms with Crippen molar-refractivity contribution in [2.24, 2.45) is 0 Å². The predicted molar refractivity (Wildman–Crippen MR) is 98.7 cm³/mol. The van der Waals surface area contributed by atoms with E-state index in [1.54, 1.807) is 6.20 Å². The van der Waals surface area contributed by atoms with Crippen LogP contribution in [0, 0.1) is 0 Å². The largest absolute Gasteiger partial charge is 0.333 e. The van der Waals surface area contributed by atoms with Crippen LogP contribution >= 0.6 is 24.0 Å². The standard InChI is InChI=1S/C18H20ClN3O.ClH/c1-13(14-4-2-6-16(19)10-14)18(23)22-9-8-21-12-17(22)15-5-3-7-20-11-15;/h2-7,10-11,13,17,21H,8-9,12H2,1H3;1H. The van der Waals surface area contributed by atoms with Crippen molar-refractivity contribution >= 4 is 29.9 Å². The van der Waals surface area contributed by atoms with Gasteiger partial charge in [0.05, 0.1) is 12.0 Å². The molecule has 24 heavy (non-hydrogen) atoms. The van der Waals surface area contributed by atoms with E-state index in [9.17, 15) is 4.79 Å². The Bertz CT molecular complexity index is 681. The summed E-state index contributed by atoms with van der Waals surface area (Å²) in [6.07, 6.45) is 3.59. The molecule has 1 amide bonds. The van der Waals surface area contributed by atoms with Gasteiger partial charge in [-0.05, 0) is 36.2 Å². The number of halogens is 2. The number of benzene rings is 1. The van der Waals surface area contributed by atoms with Gasteiger partial charge >= 0.3 is 0 Å². The van der Waals surface area contributed by atoms with E-state index < -0.39 is 0 Å². The quantitative estimate of drug-likeness (QED) is 0.905. The van der Waals surface area contributed by atoms with E-state index in [-0.39, 0.29) is 30.3 Å². The van der Waals surface area contributed by atoms with Crippen molar-refractivity contribution < 1.29 is 4.79 Å². The molecule has 1 aliphatic heterocycles. The smallest absolute Gasteiger partial charge is 0.230 e. The molecule has 1 fully saturated rings. The minimum atomic E-state index is -0.217. The number of carbonyl (C=O) groups excluding carboxylic acids is 1. The highest BCUT2D eigenvalue weighted by molar-refractivity contribution is 6.30. The molecule has 1 aliphatic rings. The molecule has 4 nitrogen and oxygen atoms in total. The lowest BCUT2D eigenvalue weighted by Gasteiger charge is -2.38. The van der Waals surface area contributed by atoms with Gasteiger partial charge in [0.2, 0.25) is 5.91 Å². The van der Waals surface area contributed by atoms with Crippen molar-refractivity contribution in [1.29, 1.82) is 0 Å². The summed E-state index contributed by atoms with van der Waals surface area (Å²) < 4.78 is 0. The molecule has 2 unspecified atom stereocenters. The number of hydrogen-bond acceptors (Lipinski definition) is 3. The fourth-order valence-corrected chi connectivity index (χ4v) is 3.20. The van der Waals surface area contributed by atoms with Crippen LogP contribution in [0.1, 0.15) is 30.0 Å². The molecule has 2 heterocycles. The third-order valence-corrected chi connectivity index (χ3v) is 4.55. The highest BCUT2D eigenvalue weighted by atomic mass is 35.5. The van der Waals surface area contributed by atoms with Crippen molar-refractivity contribution in [2.45, 2.75) is 18.9 Å². The van der Waals surface area contributed by atoms with Gasteiger partial charge in [0, 0.05) is 37.1 Å². The van der Waals surface area contributed by atoms with E-state index in [1.807, 2.05) is 54.4 Å². The molecule has 1 aromatic carbocycles. The molecule has 0 saturated carbocycles. The van der Waals surface area contributed by atoms with Gasteiger partial charge < -0.3 is 10.2 Å². The number of piperazine rings is 1. The van der Waals surface area contributed by atoms with Crippen LogP contribution in [0.4, 0.5) is 0 Å². The van der Waals surface area contributed by atoms with Gasteiger partial charge in [0.15, 0.2) is 0 Å². The average molecular weight is 366 g/mol. The van der Waals surface area contributed by atoms with Crippen molar-refractivity contribution in [2.75, 3.05) is 19.6 Å². The zero-order valence-electron chi connectivity index (χ0n) is 13.5. The number of hydrogen-bond donors (Lipinski definition) is 1. The van der Waals surface area contributed by atoms with Gasteiger partial charge in [-0.1, -0.05) is 29.8 Å². The van der Waals surface area contributed by atoms with Crippen LogP contribution in [0.15, 0.2) is 48.8 Å². The number of carbonyl (C=O) groups is 1. The SMILES string of the molecule is CC(C(=O)N1CCNCC1c1cccnc1)c1cccc(Cl)c1.Cl. The lowest BCUT2D eigenvalue weighted by molar-refractivity contribution is -0.135. The number of pyridine rings is 1. The van der Waals surface area contributed by atoms with E-state index in [0.717, 1.165) is 24.2 Å². The van der Waals surface area contributed by atoms with Crippen LogP contribution < -0.4 is 5.32 Å². The lowest BCUT2D eigenvalue weighted by atomic mass is 9.97. The predicted octanol–water partition coefficient (Wildman–Crippen LogP) is 3.43. The van der Waals surface area contributed by atoms with Crippen LogP contribution in [0.3, 0.4) is 0 Å². The first kappa shape index (κ1) is 18.7. The summed E-state index contributed by atoms with van der Waals surface area (Å²) in [7, 11) is 0. The van der Waals surface area contributed by atoms with E-state index >= 15 is 0 Å². The van der Waals surface area contributed by atoms with Crippen LogP contribution in [-0.4, -0.2) is 35.4 Å². The summed E-state index contributed by atoms with van der Waals surface area (Å²) in [5, 5.41) is 4.02. The van der Waals surface area contributed by atoms with Crippen LogP contribution in [0.25, 0.3) is 0 Å². The monoisotopic (exact) mass is 365 g/mol. The molecule has 3 rings (SSSR count). The van der Waals surface area contributed by atoms with Crippen molar-refractivity contribution in [3.63, 3.8) is 0 Å². The summed E-state index contributed by atoms with van der Waals surface area (Å²) in [6.45, 7) is 4.20. The molecule has 2 atom stereocenters. The molecule has 1 N–H and O–H groups in total. The third-order valence-electron chi connectivity index (χ3n) is 4.31. The van der Waals surface area contributed by atoms with Crippen LogP contribution in [0.5, 0.6) is 0 Å². The second-order valence-electron chi connectivity index (χ2n) is 5.81. The average Bonchev–Trinajstić information content (AvgIpc) is 2.61. The minimum absolute atomic E-state index is 0. The highest BCUT2D eigenvalue weighted by Gasteiger charge is 2.31. The first-order valence-corrected chi connectivity index (χ1v) is 8.21. The molecule has 1 saturated heterocycles. The number of rotatable bonds is 3. The van der Waals surface area contributed by atoms with E-state index in [4.69, 9.17) is 11.6 Å². The Morgan fingerprint density at radius 1 is 1.38 bits per heavy atom. The molecule has 1 aromatic heterocycles. The summed E-state index contributed by atoms with van der Waals surface area (Å²) in [4.78, 5) is 19.2. The van der Waals surface area contributed by atoms with Gasteiger partial charge in [-0.3, -0.25) is 9.78 Å². The fraction of sp³-hybridized carbons (Fsp3) is 0.333. The molecule has 6 heteroatoms. The molecule has 2 aromatic rings. The maximum Gasteiger partial charge on any atom is 0.230 e. The number of nitrogens with zero attached hydrogens (tertiary/aromatic N) is 2. The highest BCUT2D eigenvalue weighted by Crippen LogP contribution is 2.27.